The predicted octanol–water partition coefficient (Wildman–Crippen LogP) is 2.97. The van der Waals surface area contributed by atoms with Gasteiger partial charge in [0.2, 0.25) is 11.7 Å². The van der Waals surface area contributed by atoms with E-state index in [1.165, 1.54) is 29.4 Å². The fourth-order valence-corrected chi connectivity index (χ4v) is 3.06. The number of para-hydroxylation sites is 1. The SMILES string of the molecule is CC1N=C(C(=O)NCc2cccnc2Oc2cccc(F)c2)NN(c2ccccc2)C1=O. The van der Waals surface area contributed by atoms with Crippen molar-refractivity contribution in [1.29, 1.82) is 0 Å². The zero-order valence-corrected chi connectivity index (χ0v) is 17.2. The summed E-state index contributed by atoms with van der Waals surface area (Å²) in [5.74, 6) is -0.651. The van der Waals surface area contributed by atoms with Crippen molar-refractivity contribution in [1.82, 2.24) is 15.7 Å². The summed E-state index contributed by atoms with van der Waals surface area (Å²) < 4.78 is 19.1. The van der Waals surface area contributed by atoms with Crippen LogP contribution >= 0.6 is 0 Å². The first-order chi connectivity index (χ1) is 15.5. The Kier molecular flexibility index (Phi) is 6.07. The molecule has 0 radical (unpaired) electrons. The minimum Gasteiger partial charge on any atom is -0.439 e. The van der Waals surface area contributed by atoms with E-state index in [2.05, 4.69) is 20.7 Å². The molecule has 2 amide bonds. The Morgan fingerprint density at radius 1 is 1.16 bits per heavy atom. The molecule has 3 aromatic rings. The van der Waals surface area contributed by atoms with Crippen LogP contribution < -0.4 is 20.5 Å². The van der Waals surface area contributed by atoms with E-state index in [0.29, 0.717) is 17.0 Å². The monoisotopic (exact) mass is 433 g/mol. The van der Waals surface area contributed by atoms with Gasteiger partial charge in [-0.05, 0) is 37.3 Å². The van der Waals surface area contributed by atoms with Crippen molar-refractivity contribution in [3.8, 4) is 11.6 Å². The van der Waals surface area contributed by atoms with Crippen molar-refractivity contribution < 1.29 is 18.7 Å². The molecule has 9 heteroatoms. The number of hydrazine groups is 1. The molecular formula is C23H20FN5O3. The van der Waals surface area contributed by atoms with Gasteiger partial charge in [0.05, 0.1) is 5.69 Å². The molecule has 0 saturated heterocycles. The first-order valence-corrected chi connectivity index (χ1v) is 9.90. The molecule has 0 spiro atoms. The Labute approximate surface area is 183 Å². The number of amides is 2. The van der Waals surface area contributed by atoms with Crippen LogP contribution in [0.2, 0.25) is 0 Å². The molecule has 0 saturated carbocycles. The first kappa shape index (κ1) is 21.0. The second-order valence-corrected chi connectivity index (χ2v) is 6.98. The highest BCUT2D eigenvalue weighted by molar-refractivity contribution is 6.39. The molecule has 1 atom stereocenters. The quantitative estimate of drug-likeness (QED) is 0.623. The Bertz CT molecular complexity index is 1170. The maximum atomic E-state index is 13.4. The normalized spacial score (nSPS) is 15.6. The highest BCUT2D eigenvalue weighted by atomic mass is 19.1. The lowest BCUT2D eigenvalue weighted by Crippen LogP contribution is -2.57. The van der Waals surface area contributed by atoms with E-state index in [-0.39, 0.29) is 24.2 Å². The Balaban J connectivity index is 1.46. The van der Waals surface area contributed by atoms with Gasteiger partial charge >= 0.3 is 0 Å². The van der Waals surface area contributed by atoms with E-state index in [4.69, 9.17) is 4.74 Å². The number of ether oxygens (including phenoxy) is 1. The van der Waals surface area contributed by atoms with Gasteiger partial charge < -0.3 is 10.1 Å². The second-order valence-electron chi connectivity index (χ2n) is 6.98. The van der Waals surface area contributed by atoms with Gasteiger partial charge in [-0.2, -0.15) is 0 Å². The van der Waals surface area contributed by atoms with Gasteiger partial charge in [0.1, 0.15) is 17.6 Å². The third kappa shape index (κ3) is 4.72. The number of benzene rings is 2. The Hall–Kier alpha value is -4.27. The number of hydrogen-bond acceptors (Lipinski definition) is 6. The highest BCUT2D eigenvalue weighted by Crippen LogP contribution is 2.23. The maximum Gasteiger partial charge on any atom is 0.288 e. The number of nitrogens with one attached hydrogen (secondary N) is 2. The number of carbonyl (C=O) groups excluding carboxylic acids is 2. The molecule has 1 unspecified atom stereocenters. The van der Waals surface area contributed by atoms with E-state index in [1.54, 1.807) is 49.4 Å². The Morgan fingerprint density at radius 3 is 2.75 bits per heavy atom. The van der Waals surface area contributed by atoms with Gasteiger partial charge in [0.15, 0.2) is 0 Å². The third-order valence-electron chi connectivity index (χ3n) is 4.65. The summed E-state index contributed by atoms with van der Waals surface area (Å²) in [7, 11) is 0. The van der Waals surface area contributed by atoms with Gasteiger partial charge in [-0.1, -0.05) is 30.3 Å². The molecule has 162 valence electrons. The van der Waals surface area contributed by atoms with E-state index in [0.717, 1.165) is 0 Å². The number of carbonyl (C=O) groups is 2. The number of pyridine rings is 1. The molecular weight excluding hydrogens is 413 g/mol. The molecule has 2 heterocycles. The smallest absolute Gasteiger partial charge is 0.288 e. The van der Waals surface area contributed by atoms with Crippen molar-refractivity contribution in [3.05, 3.63) is 84.3 Å². The predicted molar refractivity (Wildman–Crippen MR) is 117 cm³/mol. The van der Waals surface area contributed by atoms with Gasteiger partial charge in [0, 0.05) is 24.4 Å². The lowest BCUT2D eigenvalue weighted by molar-refractivity contribution is -0.120. The van der Waals surface area contributed by atoms with Gasteiger partial charge in [-0.25, -0.2) is 19.4 Å². The molecule has 32 heavy (non-hydrogen) atoms. The van der Waals surface area contributed by atoms with Crippen LogP contribution in [-0.2, 0) is 16.1 Å². The summed E-state index contributed by atoms with van der Waals surface area (Å²) in [4.78, 5) is 33.6. The molecule has 8 nitrogen and oxygen atoms in total. The van der Waals surface area contributed by atoms with Crippen molar-refractivity contribution >= 4 is 23.3 Å². The van der Waals surface area contributed by atoms with Crippen molar-refractivity contribution in [2.75, 3.05) is 5.01 Å². The van der Waals surface area contributed by atoms with Gasteiger partial charge in [0.25, 0.3) is 11.8 Å². The van der Waals surface area contributed by atoms with Crippen LogP contribution in [0, 0.1) is 5.82 Å². The van der Waals surface area contributed by atoms with E-state index < -0.39 is 17.8 Å². The molecule has 1 aliphatic rings. The molecule has 1 aromatic heterocycles. The number of amidine groups is 1. The van der Waals surface area contributed by atoms with Crippen LogP contribution in [0.4, 0.5) is 10.1 Å². The van der Waals surface area contributed by atoms with Gasteiger partial charge in [-0.15, -0.1) is 0 Å². The number of aliphatic imine (C=N–C) groups is 1. The molecule has 0 fully saturated rings. The fraction of sp³-hybridized carbons (Fsp3) is 0.130. The summed E-state index contributed by atoms with van der Waals surface area (Å²) in [6.07, 6.45) is 1.54. The number of halogens is 1. The van der Waals surface area contributed by atoms with Crippen molar-refractivity contribution in [3.63, 3.8) is 0 Å². The van der Waals surface area contributed by atoms with Crippen molar-refractivity contribution in [2.24, 2.45) is 4.99 Å². The molecule has 1 aliphatic heterocycles. The van der Waals surface area contributed by atoms with Crippen LogP contribution in [0.5, 0.6) is 11.6 Å². The lowest BCUT2D eigenvalue weighted by Gasteiger charge is -2.30. The summed E-state index contributed by atoms with van der Waals surface area (Å²) >= 11 is 0. The lowest BCUT2D eigenvalue weighted by atomic mass is 10.2. The molecule has 0 bridgehead atoms. The summed E-state index contributed by atoms with van der Waals surface area (Å²) in [5.41, 5.74) is 3.97. The van der Waals surface area contributed by atoms with Crippen LogP contribution in [0.3, 0.4) is 0 Å². The fourth-order valence-electron chi connectivity index (χ4n) is 3.06. The van der Waals surface area contributed by atoms with E-state index in [1.807, 2.05) is 6.07 Å². The second kappa shape index (κ2) is 9.25. The minimum absolute atomic E-state index is 0.0115. The van der Waals surface area contributed by atoms with E-state index >= 15 is 0 Å². The molecule has 2 N–H and O–H groups in total. The maximum absolute atomic E-state index is 13.4. The largest absolute Gasteiger partial charge is 0.439 e. The average Bonchev–Trinajstić information content (AvgIpc) is 2.80. The number of rotatable bonds is 6. The number of hydrogen-bond donors (Lipinski definition) is 2. The minimum atomic E-state index is -0.720. The van der Waals surface area contributed by atoms with Crippen LogP contribution in [-0.4, -0.2) is 28.7 Å². The van der Waals surface area contributed by atoms with Crippen LogP contribution in [0.25, 0.3) is 0 Å². The average molecular weight is 433 g/mol. The van der Waals surface area contributed by atoms with Crippen LogP contribution in [0.1, 0.15) is 12.5 Å². The summed E-state index contributed by atoms with van der Waals surface area (Å²) in [6, 6.07) is 17.3. The Morgan fingerprint density at radius 2 is 1.97 bits per heavy atom. The summed E-state index contributed by atoms with van der Waals surface area (Å²) in [6.45, 7) is 1.71. The third-order valence-corrected chi connectivity index (χ3v) is 4.65. The van der Waals surface area contributed by atoms with Crippen LogP contribution in [0.15, 0.2) is 77.9 Å². The number of aromatic nitrogens is 1. The zero-order chi connectivity index (χ0) is 22.5. The number of anilines is 1. The molecule has 0 aliphatic carbocycles. The highest BCUT2D eigenvalue weighted by Gasteiger charge is 2.30. The van der Waals surface area contributed by atoms with Crippen molar-refractivity contribution in [2.45, 2.75) is 19.5 Å². The first-order valence-electron chi connectivity index (χ1n) is 9.90. The topological polar surface area (TPSA) is 95.9 Å². The summed E-state index contributed by atoms with van der Waals surface area (Å²) in [5, 5.41) is 4.05. The molecule has 2 aromatic carbocycles. The standard InChI is InChI=1S/C23H20FN5O3/c1-15-23(31)29(18-9-3-2-4-10-18)28-20(27-15)21(30)26-14-16-7-6-12-25-22(16)32-19-11-5-8-17(24)13-19/h2-13,15H,14H2,1H3,(H,26,30)(H,27,28). The zero-order valence-electron chi connectivity index (χ0n) is 17.2. The molecule has 4 rings (SSSR count). The number of nitrogens with zero attached hydrogens (tertiary/aromatic N) is 3. The van der Waals surface area contributed by atoms with Gasteiger partial charge in [-0.3, -0.25) is 15.0 Å². The van der Waals surface area contributed by atoms with E-state index in [9.17, 15) is 14.0 Å².